The normalized spacial score (nSPS) is 12.0. The Hall–Kier alpha value is -1.85. The van der Waals surface area contributed by atoms with Crippen LogP contribution in [-0.2, 0) is 28.6 Å². The fourth-order valence-corrected chi connectivity index (χ4v) is 8.49. The fraction of sp³-hybridized carbons (Fsp3) is 0.912. The number of esters is 3. The molecular formula is C57H108O6. The van der Waals surface area contributed by atoms with Gasteiger partial charge in [-0.2, -0.15) is 0 Å². The van der Waals surface area contributed by atoms with E-state index >= 15 is 0 Å². The highest BCUT2D eigenvalue weighted by molar-refractivity contribution is 5.71. The molecule has 0 bridgehead atoms. The zero-order valence-corrected chi connectivity index (χ0v) is 42.6. The van der Waals surface area contributed by atoms with E-state index in [0.717, 1.165) is 64.2 Å². The summed E-state index contributed by atoms with van der Waals surface area (Å²) in [5, 5.41) is 0. The highest BCUT2D eigenvalue weighted by atomic mass is 16.6. The van der Waals surface area contributed by atoms with Crippen LogP contribution in [0.2, 0.25) is 0 Å². The monoisotopic (exact) mass is 889 g/mol. The fourth-order valence-electron chi connectivity index (χ4n) is 8.49. The molecule has 0 fully saturated rings. The molecule has 0 aliphatic carbocycles. The molecule has 0 aliphatic heterocycles. The number of rotatable bonds is 52. The Balaban J connectivity index is 4.03. The quantitative estimate of drug-likeness (QED) is 0.0262. The molecule has 0 spiro atoms. The summed E-state index contributed by atoms with van der Waals surface area (Å²) in [6.07, 6.45) is 59.5. The van der Waals surface area contributed by atoms with Crippen molar-refractivity contribution < 1.29 is 28.6 Å². The van der Waals surface area contributed by atoms with E-state index in [9.17, 15) is 14.4 Å². The van der Waals surface area contributed by atoms with Crippen molar-refractivity contribution in [2.24, 2.45) is 0 Å². The van der Waals surface area contributed by atoms with Gasteiger partial charge in [-0.25, -0.2) is 0 Å². The van der Waals surface area contributed by atoms with Gasteiger partial charge in [0.2, 0.25) is 0 Å². The minimum Gasteiger partial charge on any atom is -0.462 e. The summed E-state index contributed by atoms with van der Waals surface area (Å²) in [5.74, 6) is -0.866. The molecule has 0 saturated heterocycles. The Labute approximate surface area is 392 Å². The molecule has 1 unspecified atom stereocenters. The van der Waals surface area contributed by atoms with Gasteiger partial charge in [0.1, 0.15) is 13.2 Å². The van der Waals surface area contributed by atoms with Crippen molar-refractivity contribution in [3.63, 3.8) is 0 Å². The highest BCUT2D eigenvalue weighted by Crippen LogP contribution is 2.17. The minimum atomic E-state index is -0.766. The molecule has 0 aromatic rings. The summed E-state index contributed by atoms with van der Waals surface area (Å²) in [6, 6.07) is 0. The third-order valence-electron chi connectivity index (χ3n) is 12.8. The summed E-state index contributed by atoms with van der Waals surface area (Å²) in [6.45, 7) is 6.61. The van der Waals surface area contributed by atoms with E-state index in [1.807, 2.05) is 0 Å². The lowest BCUT2D eigenvalue weighted by Gasteiger charge is -2.18. The van der Waals surface area contributed by atoms with Crippen LogP contribution in [0, 0.1) is 0 Å². The number of carbonyl (C=O) groups is 3. The molecule has 0 heterocycles. The van der Waals surface area contributed by atoms with E-state index < -0.39 is 6.10 Å². The molecule has 0 saturated carbocycles. The second-order valence-corrected chi connectivity index (χ2v) is 19.2. The van der Waals surface area contributed by atoms with Crippen LogP contribution in [0.1, 0.15) is 316 Å². The number of unbranched alkanes of at least 4 members (excludes halogenated alkanes) is 39. The molecule has 63 heavy (non-hydrogen) atoms. The van der Waals surface area contributed by atoms with E-state index in [1.165, 1.54) is 212 Å². The molecule has 0 aromatic heterocycles. The molecule has 0 N–H and O–H groups in total. The predicted octanol–water partition coefficient (Wildman–Crippen LogP) is 18.5. The van der Waals surface area contributed by atoms with E-state index in [1.54, 1.807) is 0 Å². The maximum absolute atomic E-state index is 12.7. The van der Waals surface area contributed by atoms with Gasteiger partial charge >= 0.3 is 17.9 Å². The molecule has 0 aliphatic rings. The molecular weight excluding hydrogens is 781 g/mol. The minimum absolute atomic E-state index is 0.0686. The Kier molecular flexibility index (Phi) is 51.2. The van der Waals surface area contributed by atoms with Crippen molar-refractivity contribution in [2.45, 2.75) is 322 Å². The topological polar surface area (TPSA) is 78.9 Å². The summed E-state index contributed by atoms with van der Waals surface area (Å²) in [5.41, 5.74) is 0. The molecule has 372 valence electrons. The average Bonchev–Trinajstić information content (AvgIpc) is 3.28. The van der Waals surface area contributed by atoms with Gasteiger partial charge < -0.3 is 14.2 Å². The lowest BCUT2D eigenvalue weighted by Crippen LogP contribution is -2.30. The van der Waals surface area contributed by atoms with Crippen LogP contribution in [0.5, 0.6) is 0 Å². The van der Waals surface area contributed by atoms with Gasteiger partial charge in [-0.3, -0.25) is 14.4 Å². The smallest absolute Gasteiger partial charge is 0.306 e. The second kappa shape index (κ2) is 52.8. The summed E-state index contributed by atoms with van der Waals surface area (Å²) >= 11 is 0. The maximum atomic E-state index is 12.7. The van der Waals surface area contributed by atoms with Gasteiger partial charge in [0, 0.05) is 19.3 Å². The lowest BCUT2D eigenvalue weighted by molar-refractivity contribution is -0.167. The third-order valence-corrected chi connectivity index (χ3v) is 12.8. The van der Waals surface area contributed by atoms with E-state index in [4.69, 9.17) is 14.2 Å². The van der Waals surface area contributed by atoms with Gasteiger partial charge in [0.25, 0.3) is 0 Å². The third kappa shape index (κ3) is 51.0. The van der Waals surface area contributed by atoms with Gasteiger partial charge in [0.05, 0.1) is 0 Å². The van der Waals surface area contributed by atoms with Gasteiger partial charge in [-0.05, 0) is 38.5 Å². The zero-order valence-electron chi connectivity index (χ0n) is 42.6. The van der Waals surface area contributed by atoms with Crippen molar-refractivity contribution in [3.05, 3.63) is 12.2 Å². The van der Waals surface area contributed by atoms with Crippen molar-refractivity contribution in [2.75, 3.05) is 13.2 Å². The molecule has 1 atom stereocenters. The summed E-state index contributed by atoms with van der Waals surface area (Å²) in [4.78, 5) is 37.8. The molecule has 6 heteroatoms. The largest absolute Gasteiger partial charge is 0.462 e. The maximum Gasteiger partial charge on any atom is 0.306 e. The number of ether oxygens (including phenoxy) is 3. The van der Waals surface area contributed by atoms with Gasteiger partial charge in [-0.1, -0.05) is 270 Å². The van der Waals surface area contributed by atoms with Crippen LogP contribution in [-0.4, -0.2) is 37.2 Å². The SMILES string of the molecule is CCCC/C=C\CCCCCCCC(=O)OC(COC(=O)CCCCCCCCCC)COC(=O)CCCCCCCCCCCCCCCCCCCCCCCCCCCC. The summed E-state index contributed by atoms with van der Waals surface area (Å²) in [7, 11) is 0. The van der Waals surface area contributed by atoms with Crippen LogP contribution < -0.4 is 0 Å². The van der Waals surface area contributed by atoms with Crippen molar-refractivity contribution >= 4 is 17.9 Å². The van der Waals surface area contributed by atoms with Crippen molar-refractivity contribution in [3.8, 4) is 0 Å². The number of carbonyl (C=O) groups excluding carboxylic acids is 3. The first-order chi connectivity index (χ1) is 31.0. The lowest BCUT2D eigenvalue weighted by atomic mass is 10.0. The number of hydrogen-bond acceptors (Lipinski definition) is 6. The second-order valence-electron chi connectivity index (χ2n) is 19.2. The Morgan fingerprint density at radius 1 is 0.302 bits per heavy atom. The Morgan fingerprint density at radius 2 is 0.540 bits per heavy atom. The Bertz CT molecular complexity index is 978. The van der Waals surface area contributed by atoms with Gasteiger partial charge in [0.15, 0.2) is 6.10 Å². The molecule has 0 radical (unpaired) electrons. The molecule has 6 nitrogen and oxygen atoms in total. The molecule has 0 aromatic carbocycles. The van der Waals surface area contributed by atoms with E-state index in [0.29, 0.717) is 19.3 Å². The summed E-state index contributed by atoms with van der Waals surface area (Å²) < 4.78 is 16.8. The van der Waals surface area contributed by atoms with Crippen LogP contribution in [0.3, 0.4) is 0 Å². The van der Waals surface area contributed by atoms with Crippen molar-refractivity contribution in [1.29, 1.82) is 0 Å². The molecule has 0 amide bonds. The van der Waals surface area contributed by atoms with Crippen LogP contribution >= 0.6 is 0 Å². The van der Waals surface area contributed by atoms with Crippen molar-refractivity contribution in [1.82, 2.24) is 0 Å². The van der Waals surface area contributed by atoms with E-state index in [2.05, 4.69) is 32.9 Å². The van der Waals surface area contributed by atoms with Crippen LogP contribution in [0.4, 0.5) is 0 Å². The zero-order chi connectivity index (χ0) is 45.8. The highest BCUT2D eigenvalue weighted by Gasteiger charge is 2.19. The average molecular weight is 889 g/mol. The first kappa shape index (κ1) is 61.1. The Morgan fingerprint density at radius 3 is 0.841 bits per heavy atom. The molecule has 0 rings (SSSR count). The van der Waals surface area contributed by atoms with Crippen LogP contribution in [0.25, 0.3) is 0 Å². The number of allylic oxidation sites excluding steroid dienone is 2. The first-order valence-corrected chi connectivity index (χ1v) is 28.2. The predicted molar refractivity (Wildman–Crippen MR) is 270 cm³/mol. The number of hydrogen-bond donors (Lipinski definition) is 0. The van der Waals surface area contributed by atoms with Crippen LogP contribution in [0.15, 0.2) is 12.2 Å². The van der Waals surface area contributed by atoms with E-state index in [-0.39, 0.29) is 31.1 Å². The first-order valence-electron chi connectivity index (χ1n) is 28.2. The van der Waals surface area contributed by atoms with Gasteiger partial charge in [-0.15, -0.1) is 0 Å². The standard InChI is InChI=1S/C57H108O6/c1-4-7-10-13-16-19-21-22-23-24-25-26-27-28-29-30-31-32-33-34-35-37-38-41-44-47-50-56(59)62-53-54(52-61-55(58)49-46-43-40-18-15-12-9-6-3)63-57(60)51-48-45-42-39-36-20-17-14-11-8-5-2/h14,17,54H,4-13,15-16,18-53H2,1-3H3/b17-14-.